The van der Waals surface area contributed by atoms with Crippen molar-refractivity contribution in [3.05, 3.63) is 18.0 Å². The number of nitrogens with zero attached hydrogens (tertiary/aromatic N) is 2. The molecule has 2 heterocycles. The number of hydrogen-bond acceptors (Lipinski definition) is 3. The standard InChI is InChI=1S/C13H19F3N4O/c1-9(11-6-17-18-7-11)19-12(21)10-2-4-20(5-3-10)8-13(14,15)16/h6-7,9-10H,2-5,8H2,1H3,(H,17,18)(H,19,21). The minimum atomic E-state index is -4.18. The van der Waals surface area contributed by atoms with Gasteiger partial charge in [0.1, 0.15) is 0 Å². The van der Waals surface area contributed by atoms with E-state index in [0.717, 1.165) is 5.56 Å². The van der Waals surface area contributed by atoms with Crippen molar-refractivity contribution in [3.63, 3.8) is 0 Å². The van der Waals surface area contributed by atoms with Gasteiger partial charge in [0, 0.05) is 17.7 Å². The van der Waals surface area contributed by atoms with E-state index in [2.05, 4.69) is 15.5 Å². The Morgan fingerprint density at radius 1 is 1.52 bits per heavy atom. The molecule has 21 heavy (non-hydrogen) atoms. The molecule has 1 saturated heterocycles. The van der Waals surface area contributed by atoms with E-state index in [1.165, 1.54) is 4.90 Å². The van der Waals surface area contributed by atoms with Crippen LogP contribution in [0.2, 0.25) is 0 Å². The van der Waals surface area contributed by atoms with Crippen LogP contribution in [0, 0.1) is 5.92 Å². The van der Waals surface area contributed by atoms with Crippen LogP contribution in [0.1, 0.15) is 31.4 Å². The lowest BCUT2D eigenvalue weighted by atomic mass is 9.95. The predicted molar refractivity (Wildman–Crippen MR) is 70.4 cm³/mol. The lowest BCUT2D eigenvalue weighted by molar-refractivity contribution is -0.149. The molecule has 5 nitrogen and oxygen atoms in total. The molecule has 0 spiro atoms. The summed E-state index contributed by atoms with van der Waals surface area (Å²) in [7, 11) is 0. The summed E-state index contributed by atoms with van der Waals surface area (Å²) in [6.45, 7) is 1.56. The van der Waals surface area contributed by atoms with E-state index in [-0.39, 0.29) is 17.9 Å². The highest BCUT2D eigenvalue weighted by molar-refractivity contribution is 5.79. The molecule has 0 bridgehead atoms. The number of amides is 1. The first kappa shape index (κ1) is 15.8. The number of carbonyl (C=O) groups is 1. The van der Waals surface area contributed by atoms with E-state index < -0.39 is 12.7 Å². The normalized spacial score (nSPS) is 19.4. The van der Waals surface area contributed by atoms with Gasteiger partial charge in [0.25, 0.3) is 0 Å². The van der Waals surface area contributed by atoms with Gasteiger partial charge in [-0.1, -0.05) is 0 Å². The average Bonchev–Trinajstić information content (AvgIpc) is 2.91. The molecule has 1 unspecified atom stereocenters. The van der Waals surface area contributed by atoms with Crippen LogP contribution in [0.4, 0.5) is 13.2 Å². The molecular weight excluding hydrogens is 285 g/mol. The molecule has 1 aliphatic heterocycles. The topological polar surface area (TPSA) is 61.0 Å². The number of likely N-dealkylation sites (tertiary alicyclic amines) is 1. The number of halogens is 3. The molecular formula is C13H19F3N4O. The van der Waals surface area contributed by atoms with Crippen LogP contribution in [0.15, 0.2) is 12.4 Å². The van der Waals surface area contributed by atoms with Crippen molar-refractivity contribution in [1.29, 1.82) is 0 Å². The Balaban J connectivity index is 1.78. The van der Waals surface area contributed by atoms with Gasteiger partial charge in [0.05, 0.1) is 18.8 Å². The lowest BCUT2D eigenvalue weighted by Gasteiger charge is -2.32. The SMILES string of the molecule is CC(NC(=O)C1CCN(CC(F)(F)F)CC1)c1cn[nH]c1. The monoisotopic (exact) mass is 304 g/mol. The number of piperidine rings is 1. The Hall–Kier alpha value is -1.57. The summed E-state index contributed by atoms with van der Waals surface area (Å²) in [6, 6.07) is -0.163. The van der Waals surface area contributed by atoms with Crippen molar-refractivity contribution in [2.75, 3.05) is 19.6 Å². The second-order valence-electron chi connectivity index (χ2n) is 5.43. The lowest BCUT2D eigenvalue weighted by Crippen LogP contribution is -2.44. The molecule has 1 atom stereocenters. The number of carbonyl (C=O) groups excluding carboxylic acids is 1. The Kier molecular flexibility index (Phi) is 4.87. The summed E-state index contributed by atoms with van der Waals surface area (Å²) >= 11 is 0. The van der Waals surface area contributed by atoms with Crippen molar-refractivity contribution < 1.29 is 18.0 Å². The molecule has 8 heteroatoms. The fourth-order valence-electron chi connectivity index (χ4n) is 2.52. The van der Waals surface area contributed by atoms with Gasteiger partial charge in [0.2, 0.25) is 5.91 Å². The average molecular weight is 304 g/mol. The zero-order valence-corrected chi connectivity index (χ0v) is 11.8. The number of hydrogen-bond donors (Lipinski definition) is 2. The second-order valence-corrected chi connectivity index (χ2v) is 5.43. The molecule has 2 rings (SSSR count). The molecule has 1 aliphatic rings. The van der Waals surface area contributed by atoms with E-state index in [1.807, 2.05) is 6.92 Å². The van der Waals surface area contributed by atoms with Crippen LogP contribution < -0.4 is 5.32 Å². The molecule has 118 valence electrons. The van der Waals surface area contributed by atoms with E-state index in [1.54, 1.807) is 12.4 Å². The van der Waals surface area contributed by atoms with Gasteiger partial charge in [0.15, 0.2) is 0 Å². The minimum absolute atomic E-state index is 0.102. The fourth-order valence-corrected chi connectivity index (χ4v) is 2.52. The van der Waals surface area contributed by atoms with Crippen LogP contribution in [0.5, 0.6) is 0 Å². The maximum Gasteiger partial charge on any atom is 0.401 e. The molecule has 0 aromatic carbocycles. The number of aromatic nitrogens is 2. The van der Waals surface area contributed by atoms with Gasteiger partial charge < -0.3 is 5.32 Å². The summed E-state index contributed by atoms with van der Waals surface area (Å²) in [5, 5.41) is 9.37. The third kappa shape index (κ3) is 4.73. The zero-order chi connectivity index (χ0) is 15.5. The Bertz CT molecular complexity index is 452. The summed E-state index contributed by atoms with van der Waals surface area (Å²) < 4.78 is 36.9. The van der Waals surface area contributed by atoms with Crippen LogP contribution in [0.25, 0.3) is 0 Å². The molecule has 1 fully saturated rings. The largest absolute Gasteiger partial charge is 0.401 e. The minimum Gasteiger partial charge on any atom is -0.349 e. The van der Waals surface area contributed by atoms with E-state index in [9.17, 15) is 18.0 Å². The summed E-state index contributed by atoms with van der Waals surface area (Å²) in [6.07, 6.45) is 0.0820. The van der Waals surface area contributed by atoms with E-state index in [4.69, 9.17) is 0 Å². The molecule has 1 amide bonds. The molecule has 1 aromatic rings. The van der Waals surface area contributed by atoms with Gasteiger partial charge in [-0.2, -0.15) is 18.3 Å². The Morgan fingerprint density at radius 3 is 2.71 bits per heavy atom. The number of rotatable bonds is 4. The molecule has 0 radical (unpaired) electrons. The Morgan fingerprint density at radius 2 is 2.19 bits per heavy atom. The summed E-state index contributed by atoms with van der Waals surface area (Å²) in [5.41, 5.74) is 0.873. The van der Waals surface area contributed by atoms with Crippen LogP contribution in [-0.4, -0.2) is 46.8 Å². The maximum absolute atomic E-state index is 12.3. The highest BCUT2D eigenvalue weighted by Gasteiger charge is 2.34. The van der Waals surface area contributed by atoms with Crippen molar-refractivity contribution >= 4 is 5.91 Å². The van der Waals surface area contributed by atoms with Crippen molar-refractivity contribution in [3.8, 4) is 0 Å². The number of aromatic amines is 1. The summed E-state index contributed by atoms with van der Waals surface area (Å²) in [5.74, 6) is -0.320. The second kappa shape index (κ2) is 6.46. The van der Waals surface area contributed by atoms with Crippen LogP contribution in [0.3, 0.4) is 0 Å². The fraction of sp³-hybridized carbons (Fsp3) is 0.692. The zero-order valence-electron chi connectivity index (χ0n) is 11.8. The maximum atomic E-state index is 12.3. The summed E-state index contributed by atoms with van der Waals surface area (Å²) in [4.78, 5) is 13.5. The molecule has 0 aliphatic carbocycles. The predicted octanol–water partition coefficient (Wildman–Crippen LogP) is 1.86. The smallest absolute Gasteiger partial charge is 0.349 e. The molecule has 0 saturated carbocycles. The number of alkyl halides is 3. The van der Waals surface area contributed by atoms with Gasteiger partial charge in [-0.15, -0.1) is 0 Å². The highest BCUT2D eigenvalue weighted by Crippen LogP contribution is 2.23. The van der Waals surface area contributed by atoms with E-state index in [0.29, 0.717) is 25.9 Å². The molecule has 2 N–H and O–H groups in total. The molecule has 1 aromatic heterocycles. The first-order valence-corrected chi connectivity index (χ1v) is 6.93. The van der Waals surface area contributed by atoms with E-state index >= 15 is 0 Å². The van der Waals surface area contributed by atoms with Gasteiger partial charge in [-0.25, -0.2) is 0 Å². The third-order valence-electron chi connectivity index (χ3n) is 3.74. The third-order valence-corrected chi connectivity index (χ3v) is 3.74. The first-order valence-electron chi connectivity index (χ1n) is 6.93. The van der Waals surface area contributed by atoms with Crippen LogP contribution in [-0.2, 0) is 4.79 Å². The van der Waals surface area contributed by atoms with Gasteiger partial charge >= 0.3 is 6.18 Å². The number of H-pyrrole nitrogens is 1. The van der Waals surface area contributed by atoms with Crippen molar-refractivity contribution in [2.24, 2.45) is 5.92 Å². The first-order chi connectivity index (χ1) is 9.85. The number of nitrogens with one attached hydrogen (secondary N) is 2. The highest BCUT2D eigenvalue weighted by atomic mass is 19.4. The Labute approximate surface area is 120 Å². The van der Waals surface area contributed by atoms with Crippen molar-refractivity contribution in [2.45, 2.75) is 32.0 Å². The quantitative estimate of drug-likeness (QED) is 0.892. The van der Waals surface area contributed by atoms with Crippen molar-refractivity contribution in [1.82, 2.24) is 20.4 Å². The van der Waals surface area contributed by atoms with Gasteiger partial charge in [-0.3, -0.25) is 14.8 Å². The van der Waals surface area contributed by atoms with Crippen LogP contribution >= 0.6 is 0 Å². The van der Waals surface area contributed by atoms with Gasteiger partial charge in [-0.05, 0) is 32.9 Å².